The van der Waals surface area contributed by atoms with E-state index in [1.807, 2.05) is 0 Å². The van der Waals surface area contributed by atoms with E-state index < -0.39 is 15.8 Å². The highest BCUT2D eigenvalue weighted by atomic mass is 32.2. The van der Waals surface area contributed by atoms with Gasteiger partial charge in [-0.15, -0.1) is 0 Å². The molecular weight excluding hydrogens is 295 g/mol. The maximum Gasteiger partial charge on any atom is 0.243 e. The van der Waals surface area contributed by atoms with E-state index in [9.17, 15) is 12.8 Å². The van der Waals surface area contributed by atoms with Gasteiger partial charge in [0.1, 0.15) is 17.3 Å². The molecule has 114 valence electrons. The van der Waals surface area contributed by atoms with E-state index in [1.54, 1.807) is 19.1 Å². The Bertz CT molecular complexity index is 740. The van der Waals surface area contributed by atoms with Crippen LogP contribution in [0.15, 0.2) is 39.6 Å². The Morgan fingerprint density at radius 3 is 2.57 bits per heavy atom. The molecule has 2 rings (SSSR count). The topological polar surface area (TPSA) is 76.5 Å². The molecule has 0 amide bonds. The summed E-state index contributed by atoms with van der Waals surface area (Å²) in [5.41, 5.74) is 5.45. The van der Waals surface area contributed by atoms with Crippen molar-refractivity contribution in [1.29, 1.82) is 0 Å². The fraction of sp³-hybridized carbons (Fsp3) is 0.286. The van der Waals surface area contributed by atoms with Crippen molar-refractivity contribution >= 4 is 10.0 Å². The van der Waals surface area contributed by atoms with Gasteiger partial charge < -0.3 is 10.2 Å². The van der Waals surface area contributed by atoms with Crippen molar-refractivity contribution in [1.82, 2.24) is 4.31 Å². The van der Waals surface area contributed by atoms with Crippen molar-refractivity contribution in [3.05, 3.63) is 53.2 Å². The largest absolute Gasteiger partial charge is 0.465 e. The highest BCUT2D eigenvalue weighted by Gasteiger charge is 2.25. The number of nitrogens with two attached hydrogens (primary N) is 1. The van der Waals surface area contributed by atoms with E-state index in [0.29, 0.717) is 11.5 Å². The molecule has 0 fully saturated rings. The molecule has 1 aromatic heterocycles. The first-order valence-corrected chi connectivity index (χ1v) is 7.79. The van der Waals surface area contributed by atoms with Gasteiger partial charge in [-0.1, -0.05) is 6.07 Å². The van der Waals surface area contributed by atoms with E-state index in [1.165, 1.54) is 25.2 Å². The Hall–Kier alpha value is -1.70. The van der Waals surface area contributed by atoms with Crippen LogP contribution < -0.4 is 5.73 Å². The lowest BCUT2D eigenvalue weighted by atomic mass is 10.2. The molecule has 21 heavy (non-hydrogen) atoms. The summed E-state index contributed by atoms with van der Waals surface area (Å²) in [6.45, 7) is 1.66. The second-order valence-electron chi connectivity index (χ2n) is 4.69. The summed E-state index contributed by atoms with van der Waals surface area (Å²) >= 11 is 0. The summed E-state index contributed by atoms with van der Waals surface area (Å²) in [5, 5.41) is 0. The van der Waals surface area contributed by atoms with Gasteiger partial charge in [-0.2, -0.15) is 4.31 Å². The lowest BCUT2D eigenvalue weighted by Gasteiger charge is -2.18. The minimum absolute atomic E-state index is 0.0139. The minimum Gasteiger partial charge on any atom is -0.465 e. The monoisotopic (exact) mass is 312 g/mol. The summed E-state index contributed by atoms with van der Waals surface area (Å²) in [7, 11) is -2.42. The second kappa shape index (κ2) is 5.97. The molecule has 0 spiro atoms. The van der Waals surface area contributed by atoms with Gasteiger partial charge in [0, 0.05) is 19.2 Å². The highest BCUT2D eigenvalue weighted by molar-refractivity contribution is 7.89. The van der Waals surface area contributed by atoms with Crippen LogP contribution in [0.2, 0.25) is 0 Å². The van der Waals surface area contributed by atoms with E-state index >= 15 is 0 Å². The summed E-state index contributed by atoms with van der Waals surface area (Å²) in [6.07, 6.45) is 0. The fourth-order valence-corrected chi connectivity index (χ4v) is 3.40. The third-order valence-electron chi connectivity index (χ3n) is 3.14. The molecule has 0 aliphatic rings. The van der Waals surface area contributed by atoms with Crippen LogP contribution in [0.1, 0.15) is 17.1 Å². The van der Waals surface area contributed by atoms with Gasteiger partial charge in [0.2, 0.25) is 10.0 Å². The normalized spacial score (nSPS) is 12.0. The molecule has 5 nitrogen and oxygen atoms in total. The molecule has 2 N–H and O–H groups in total. The van der Waals surface area contributed by atoms with Crippen molar-refractivity contribution in [3.8, 4) is 0 Å². The lowest BCUT2D eigenvalue weighted by Crippen LogP contribution is -2.28. The highest BCUT2D eigenvalue weighted by Crippen LogP contribution is 2.23. The summed E-state index contributed by atoms with van der Waals surface area (Å²) in [5.74, 6) is 0.592. The Morgan fingerprint density at radius 1 is 1.29 bits per heavy atom. The Balaban J connectivity index is 2.35. The number of halogens is 1. The maximum atomic E-state index is 13.7. The summed E-state index contributed by atoms with van der Waals surface area (Å²) in [6, 6.07) is 7.36. The molecule has 0 aliphatic carbocycles. The molecule has 0 atom stereocenters. The molecule has 1 heterocycles. The Morgan fingerprint density at radius 2 is 2.00 bits per heavy atom. The van der Waals surface area contributed by atoms with Crippen LogP contribution in [0.4, 0.5) is 4.39 Å². The zero-order valence-electron chi connectivity index (χ0n) is 11.8. The van der Waals surface area contributed by atoms with Gasteiger partial charge >= 0.3 is 0 Å². The number of hydrogen-bond donors (Lipinski definition) is 1. The zero-order chi connectivity index (χ0) is 15.6. The maximum absolute atomic E-state index is 13.7. The standard InChI is InChI=1S/C14H17FN2O3S/c1-10-6-7-11(20-10)9-17(2)21(18,19)14-5-3-4-13(15)12(14)8-16/h3-7H,8-9,16H2,1-2H3. The van der Waals surface area contributed by atoms with Crippen LogP contribution in [0.5, 0.6) is 0 Å². The molecule has 0 bridgehead atoms. The molecule has 0 aliphatic heterocycles. The second-order valence-corrected chi connectivity index (χ2v) is 6.71. The number of nitrogens with zero attached hydrogens (tertiary/aromatic N) is 1. The van der Waals surface area contributed by atoms with Crippen LogP contribution in [0.25, 0.3) is 0 Å². The van der Waals surface area contributed by atoms with Crippen molar-refractivity contribution in [2.24, 2.45) is 5.73 Å². The van der Waals surface area contributed by atoms with Gasteiger partial charge in [0.05, 0.1) is 11.4 Å². The zero-order valence-corrected chi connectivity index (χ0v) is 12.7. The van der Waals surface area contributed by atoms with Gasteiger partial charge in [-0.3, -0.25) is 0 Å². The minimum atomic E-state index is -3.84. The number of sulfonamides is 1. The third-order valence-corrected chi connectivity index (χ3v) is 5.03. The first-order chi connectivity index (χ1) is 9.86. The van der Waals surface area contributed by atoms with Gasteiger partial charge in [0.15, 0.2) is 0 Å². The van der Waals surface area contributed by atoms with Crippen LogP contribution in [-0.4, -0.2) is 19.8 Å². The number of aryl methyl sites for hydroxylation is 1. The predicted octanol–water partition coefficient (Wildman–Crippen LogP) is 2.01. The van der Waals surface area contributed by atoms with Crippen molar-refractivity contribution in [3.63, 3.8) is 0 Å². The average Bonchev–Trinajstić information content (AvgIpc) is 2.83. The van der Waals surface area contributed by atoms with Gasteiger partial charge in [-0.05, 0) is 31.2 Å². The molecule has 2 aromatic rings. The molecule has 0 saturated carbocycles. The van der Waals surface area contributed by atoms with E-state index in [-0.39, 0.29) is 23.5 Å². The molecular formula is C14H17FN2O3S. The average molecular weight is 312 g/mol. The predicted molar refractivity (Wildman–Crippen MR) is 76.4 cm³/mol. The molecule has 1 aromatic carbocycles. The molecule has 0 unspecified atom stereocenters. The van der Waals surface area contributed by atoms with Crippen LogP contribution in [0, 0.1) is 12.7 Å². The Labute approximate surface area is 123 Å². The molecule has 0 radical (unpaired) electrons. The Kier molecular flexibility index (Phi) is 4.46. The van der Waals surface area contributed by atoms with Crippen molar-refractivity contribution in [2.45, 2.75) is 24.9 Å². The first-order valence-electron chi connectivity index (χ1n) is 6.35. The van der Waals surface area contributed by atoms with Crippen molar-refractivity contribution < 1.29 is 17.2 Å². The van der Waals surface area contributed by atoms with Gasteiger partial charge in [-0.25, -0.2) is 12.8 Å². The van der Waals surface area contributed by atoms with Crippen LogP contribution in [-0.2, 0) is 23.1 Å². The van der Waals surface area contributed by atoms with Gasteiger partial charge in [0.25, 0.3) is 0 Å². The lowest BCUT2D eigenvalue weighted by molar-refractivity contribution is 0.397. The number of benzene rings is 1. The van der Waals surface area contributed by atoms with E-state index in [4.69, 9.17) is 10.2 Å². The van der Waals surface area contributed by atoms with Crippen LogP contribution >= 0.6 is 0 Å². The first kappa shape index (κ1) is 15.7. The van der Waals surface area contributed by atoms with E-state index in [0.717, 1.165) is 4.31 Å². The summed E-state index contributed by atoms with van der Waals surface area (Å²) in [4.78, 5) is -0.115. The smallest absolute Gasteiger partial charge is 0.243 e. The molecule has 7 heteroatoms. The number of hydrogen-bond acceptors (Lipinski definition) is 4. The number of furan rings is 1. The number of rotatable bonds is 5. The third kappa shape index (κ3) is 3.15. The fourth-order valence-electron chi connectivity index (χ4n) is 2.02. The van der Waals surface area contributed by atoms with E-state index in [2.05, 4.69) is 0 Å². The SMILES string of the molecule is Cc1ccc(CN(C)S(=O)(=O)c2cccc(F)c2CN)o1. The van der Waals surface area contributed by atoms with Crippen molar-refractivity contribution in [2.75, 3.05) is 7.05 Å². The van der Waals surface area contributed by atoms with Crippen LogP contribution in [0.3, 0.4) is 0 Å². The molecule has 0 saturated heterocycles. The summed E-state index contributed by atoms with van der Waals surface area (Å²) < 4.78 is 45.2. The quantitative estimate of drug-likeness (QED) is 0.916.